The molecule has 1 fully saturated rings. The fraction of sp³-hybridized carbons (Fsp3) is 0.909. The minimum absolute atomic E-state index is 0.0447. The molecule has 0 aromatic rings. The molecule has 0 aliphatic carbocycles. The summed E-state index contributed by atoms with van der Waals surface area (Å²) < 4.78 is 4.90. The molecule has 16 heavy (non-hydrogen) atoms. The van der Waals surface area contributed by atoms with E-state index in [0.29, 0.717) is 13.2 Å². The van der Waals surface area contributed by atoms with Crippen LogP contribution in [0.15, 0.2) is 0 Å². The van der Waals surface area contributed by atoms with E-state index in [9.17, 15) is 4.79 Å². The molecule has 1 atom stereocenters. The maximum atomic E-state index is 11.8. The van der Waals surface area contributed by atoms with Crippen LogP contribution in [-0.4, -0.2) is 63.3 Å². The highest BCUT2D eigenvalue weighted by atomic mass is 16.5. The Kier molecular flexibility index (Phi) is 6.37. The van der Waals surface area contributed by atoms with Gasteiger partial charge in [-0.25, -0.2) is 0 Å². The van der Waals surface area contributed by atoms with Crippen LogP contribution in [-0.2, 0) is 9.53 Å². The van der Waals surface area contributed by atoms with Gasteiger partial charge < -0.3 is 15.4 Å². The molecule has 0 radical (unpaired) electrons. The van der Waals surface area contributed by atoms with Gasteiger partial charge in [-0.05, 0) is 19.9 Å². The monoisotopic (exact) mass is 229 g/mol. The lowest BCUT2D eigenvalue weighted by molar-refractivity contribution is -0.126. The zero-order chi connectivity index (χ0) is 11.8. The molecule has 94 valence electrons. The molecule has 1 heterocycles. The zero-order valence-corrected chi connectivity index (χ0v) is 10.3. The summed E-state index contributed by atoms with van der Waals surface area (Å²) in [6.45, 7) is 7.08. The number of methoxy groups -OCH3 is 1. The summed E-state index contributed by atoms with van der Waals surface area (Å²) in [5.74, 6) is 0.0963. The van der Waals surface area contributed by atoms with Crippen molar-refractivity contribution in [1.82, 2.24) is 15.5 Å². The van der Waals surface area contributed by atoms with E-state index in [4.69, 9.17) is 4.74 Å². The molecular weight excluding hydrogens is 206 g/mol. The lowest BCUT2D eigenvalue weighted by Gasteiger charge is -2.26. The second-order valence-corrected chi connectivity index (χ2v) is 4.10. The second kappa shape index (κ2) is 7.60. The molecule has 1 amide bonds. The van der Waals surface area contributed by atoms with Crippen LogP contribution in [0.2, 0.25) is 0 Å². The van der Waals surface area contributed by atoms with Crippen LogP contribution < -0.4 is 10.6 Å². The Morgan fingerprint density at radius 2 is 2.31 bits per heavy atom. The third-order valence-corrected chi connectivity index (χ3v) is 2.91. The van der Waals surface area contributed by atoms with E-state index in [-0.39, 0.29) is 11.9 Å². The number of amides is 1. The molecule has 0 aromatic carbocycles. The number of nitrogens with zero attached hydrogens (tertiary/aromatic N) is 1. The Bertz CT molecular complexity index is 203. The molecule has 2 N–H and O–H groups in total. The van der Waals surface area contributed by atoms with Crippen LogP contribution in [0, 0.1) is 0 Å². The van der Waals surface area contributed by atoms with E-state index in [1.54, 1.807) is 7.11 Å². The van der Waals surface area contributed by atoms with Crippen molar-refractivity contribution < 1.29 is 9.53 Å². The molecule has 1 saturated heterocycles. The minimum Gasteiger partial charge on any atom is -0.383 e. The second-order valence-electron chi connectivity index (χ2n) is 4.10. The molecule has 5 nitrogen and oxygen atoms in total. The van der Waals surface area contributed by atoms with Crippen molar-refractivity contribution >= 4 is 5.91 Å². The first-order valence-electron chi connectivity index (χ1n) is 5.97. The van der Waals surface area contributed by atoms with Crippen LogP contribution in [0.5, 0.6) is 0 Å². The van der Waals surface area contributed by atoms with Crippen molar-refractivity contribution in [3.05, 3.63) is 0 Å². The smallest absolute Gasteiger partial charge is 0.237 e. The zero-order valence-electron chi connectivity index (χ0n) is 10.3. The van der Waals surface area contributed by atoms with Crippen molar-refractivity contribution in [2.24, 2.45) is 0 Å². The highest BCUT2D eigenvalue weighted by Gasteiger charge is 2.21. The summed E-state index contributed by atoms with van der Waals surface area (Å²) in [5, 5.41) is 6.20. The van der Waals surface area contributed by atoms with E-state index >= 15 is 0 Å². The molecule has 0 spiro atoms. The van der Waals surface area contributed by atoms with Gasteiger partial charge in [-0.15, -0.1) is 0 Å². The highest BCUT2D eigenvalue weighted by molar-refractivity contribution is 5.81. The largest absolute Gasteiger partial charge is 0.383 e. The van der Waals surface area contributed by atoms with Gasteiger partial charge in [0.1, 0.15) is 0 Å². The Hall–Kier alpha value is -0.650. The molecule has 1 aliphatic heterocycles. The first-order chi connectivity index (χ1) is 7.75. The number of rotatable bonds is 5. The molecule has 0 aromatic heterocycles. The normalized spacial score (nSPS) is 20.1. The number of ether oxygens (including phenoxy) is 1. The lowest BCUT2D eigenvalue weighted by Crippen LogP contribution is -2.47. The molecule has 1 rings (SSSR count). The van der Waals surface area contributed by atoms with Crippen LogP contribution in [0.1, 0.15) is 13.3 Å². The maximum absolute atomic E-state index is 11.8. The Morgan fingerprint density at radius 3 is 3.06 bits per heavy atom. The average Bonchev–Trinajstić information content (AvgIpc) is 2.56. The number of hydrogen-bond acceptors (Lipinski definition) is 4. The minimum atomic E-state index is -0.0447. The van der Waals surface area contributed by atoms with E-state index < -0.39 is 0 Å². The van der Waals surface area contributed by atoms with Gasteiger partial charge in [0.2, 0.25) is 5.91 Å². The summed E-state index contributed by atoms with van der Waals surface area (Å²) in [5.41, 5.74) is 0. The van der Waals surface area contributed by atoms with E-state index in [0.717, 1.165) is 32.6 Å². The average molecular weight is 229 g/mol. The first kappa shape index (κ1) is 13.4. The van der Waals surface area contributed by atoms with E-state index in [2.05, 4.69) is 15.5 Å². The van der Waals surface area contributed by atoms with Gasteiger partial charge in [-0.1, -0.05) is 0 Å². The summed E-state index contributed by atoms with van der Waals surface area (Å²) in [7, 11) is 1.63. The van der Waals surface area contributed by atoms with Crippen LogP contribution in [0.25, 0.3) is 0 Å². The van der Waals surface area contributed by atoms with Crippen molar-refractivity contribution in [1.29, 1.82) is 0 Å². The van der Waals surface area contributed by atoms with Crippen molar-refractivity contribution in [2.75, 3.05) is 46.4 Å². The fourth-order valence-corrected chi connectivity index (χ4v) is 1.84. The Labute approximate surface area is 97.5 Å². The molecular formula is C11H23N3O2. The first-order valence-corrected chi connectivity index (χ1v) is 5.97. The summed E-state index contributed by atoms with van der Waals surface area (Å²) in [6, 6.07) is -0.0447. The molecule has 0 bridgehead atoms. The van der Waals surface area contributed by atoms with Crippen LogP contribution in [0.4, 0.5) is 0 Å². The van der Waals surface area contributed by atoms with Crippen LogP contribution >= 0.6 is 0 Å². The van der Waals surface area contributed by atoms with E-state index in [1.807, 2.05) is 6.92 Å². The maximum Gasteiger partial charge on any atom is 0.237 e. The van der Waals surface area contributed by atoms with Gasteiger partial charge in [0, 0.05) is 33.3 Å². The standard InChI is InChI=1S/C11H23N3O2/c1-10(11(15)13-6-9-16-2)14-7-3-4-12-5-8-14/h10,12H,3-9H2,1-2H3,(H,13,15). The molecule has 5 heteroatoms. The predicted octanol–water partition coefficient (Wildman–Crippen LogP) is -0.567. The van der Waals surface area contributed by atoms with Crippen molar-refractivity contribution in [3.8, 4) is 0 Å². The number of carbonyl (C=O) groups excluding carboxylic acids is 1. The predicted molar refractivity (Wildman–Crippen MR) is 63.4 cm³/mol. The van der Waals surface area contributed by atoms with Gasteiger partial charge in [0.25, 0.3) is 0 Å². The van der Waals surface area contributed by atoms with Gasteiger partial charge in [-0.3, -0.25) is 9.69 Å². The summed E-state index contributed by atoms with van der Waals surface area (Å²) in [6.07, 6.45) is 1.11. The van der Waals surface area contributed by atoms with Gasteiger partial charge in [-0.2, -0.15) is 0 Å². The van der Waals surface area contributed by atoms with E-state index in [1.165, 1.54) is 0 Å². The number of nitrogens with one attached hydrogen (secondary N) is 2. The van der Waals surface area contributed by atoms with Gasteiger partial charge in [0.15, 0.2) is 0 Å². The highest BCUT2D eigenvalue weighted by Crippen LogP contribution is 2.02. The summed E-state index contributed by atoms with van der Waals surface area (Å²) in [4.78, 5) is 14.0. The van der Waals surface area contributed by atoms with Gasteiger partial charge >= 0.3 is 0 Å². The third kappa shape index (κ3) is 4.47. The van der Waals surface area contributed by atoms with Crippen LogP contribution in [0.3, 0.4) is 0 Å². The Morgan fingerprint density at radius 1 is 1.50 bits per heavy atom. The molecule has 1 aliphatic rings. The third-order valence-electron chi connectivity index (χ3n) is 2.91. The topological polar surface area (TPSA) is 53.6 Å². The number of carbonyl (C=O) groups is 1. The fourth-order valence-electron chi connectivity index (χ4n) is 1.84. The number of hydrogen-bond donors (Lipinski definition) is 2. The van der Waals surface area contributed by atoms with Crippen molar-refractivity contribution in [3.63, 3.8) is 0 Å². The molecule has 0 saturated carbocycles. The Balaban J connectivity index is 2.30. The summed E-state index contributed by atoms with van der Waals surface area (Å²) >= 11 is 0. The SMILES string of the molecule is COCCNC(=O)C(C)N1CCCNCC1. The molecule has 1 unspecified atom stereocenters. The van der Waals surface area contributed by atoms with Crippen molar-refractivity contribution in [2.45, 2.75) is 19.4 Å². The lowest BCUT2D eigenvalue weighted by atomic mass is 10.2. The van der Waals surface area contributed by atoms with Gasteiger partial charge in [0.05, 0.1) is 12.6 Å². The quantitative estimate of drug-likeness (QED) is 0.620.